The van der Waals surface area contributed by atoms with Crippen molar-refractivity contribution in [2.45, 2.75) is 31.7 Å². The Labute approximate surface area is 213 Å². The van der Waals surface area contributed by atoms with Crippen molar-refractivity contribution in [3.05, 3.63) is 48.0 Å². The minimum absolute atomic E-state index is 0.0192. The van der Waals surface area contributed by atoms with Crippen LogP contribution in [0, 0.1) is 5.92 Å². The first-order valence-corrected chi connectivity index (χ1v) is 12.5. The maximum atomic E-state index is 10.0. The fraction of sp³-hybridized carbons (Fsp3) is 0.429. The first-order valence-electron chi connectivity index (χ1n) is 12.5. The van der Waals surface area contributed by atoms with Crippen molar-refractivity contribution in [2.24, 2.45) is 5.92 Å². The largest absolute Gasteiger partial charge is 0.502 e. The highest BCUT2D eigenvalue weighted by Gasteiger charge is 2.22. The van der Waals surface area contributed by atoms with Gasteiger partial charge in [-0.15, -0.1) is 0 Å². The molecular formula is C28H37N5O3. The predicted octanol–water partition coefficient (Wildman–Crippen LogP) is 4.69. The lowest BCUT2D eigenvalue weighted by atomic mass is 9.86. The molecule has 0 unspecified atom stereocenters. The molecule has 1 saturated carbocycles. The first-order chi connectivity index (χ1) is 17.5. The average Bonchev–Trinajstić information content (AvgIpc) is 2.89. The number of hydrogen-bond donors (Lipinski definition) is 3. The lowest BCUT2D eigenvalue weighted by molar-refractivity contribution is 0.328. The topological polar surface area (TPSA) is 91.8 Å². The van der Waals surface area contributed by atoms with Gasteiger partial charge in [-0.3, -0.25) is 0 Å². The third kappa shape index (κ3) is 6.18. The Morgan fingerprint density at radius 2 is 1.72 bits per heavy atom. The van der Waals surface area contributed by atoms with Gasteiger partial charge in [0, 0.05) is 32.1 Å². The number of anilines is 2. The SMILES string of the molecule is COc1cc(/C=C/CNCC2CCC(Nc3nc(N(C)C)c4ccccc4n3)CC2)cc(OC)c1O. The summed E-state index contributed by atoms with van der Waals surface area (Å²) in [4.78, 5) is 11.6. The number of nitrogens with one attached hydrogen (secondary N) is 2. The lowest BCUT2D eigenvalue weighted by Gasteiger charge is -2.29. The molecular weight excluding hydrogens is 454 g/mol. The van der Waals surface area contributed by atoms with E-state index >= 15 is 0 Å². The van der Waals surface area contributed by atoms with Crippen molar-refractivity contribution < 1.29 is 14.6 Å². The van der Waals surface area contributed by atoms with Gasteiger partial charge >= 0.3 is 0 Å². The minimum atomic E-state index is 0.0192. The van der Waals surface area contributed by atoms with Crippen LogP contribution in [0.2, 0.25) is 0 Å². The van der Waals surface area contributed by atoms with E-state index in [1.165, 1.54) is 27.1 Å². The molecule has 1 aliphatic rings. The molecule has 192 valence electrons. The van der Waals surface area contributed by atoms with Gasteiger partial charge in [0.1, 0.15) is 5.82 Å². The normalized spacial score (nSPS) is 17.9. The molecule has 36 heavy (non-hydrogen) atoms. The highest BCUT2D eigenvalue weighted by Crippen LogP contribution is 2.37. The van der Waals surface area contributed by atoms with Crippen molar-refractivity contribution in [1.82, 2.24) is 15.3 Å². The Morgan fingerprint density at radius 1 is 1.03 bits per heavy atom. The van der Waals surface area contributed by atoms with E-state index in [1.54, 1.807) is 12.1 Å². The number of hydrogen-bond acceptors (Lipinski definition) is 8. The molecule has 8 heteroatoms. The summed E-state index contributed by atoms with van der Waals surface area (Å²) in [5, 5.41) is 18.3. The van der Waals surface area contributed by atoms with Gasteiger partial charge in [-0.05, 0) is 68.0 Å². The van der Waals surface area contributed by atoms with Crippen LogP contribution in [-0.4, -0.2) is 62.5 Å². The Kier molecular flexibility index (Phi) is 8.48. The Bertz CT molecular complexity index is 1160. The van der Waals surface area contributed by atoms with E-state index in [0.29, 0.717) is 29.4 Å². The zero-order chi connectivity index (χ0) is 25.5. The van der Waals surface area contributed by atoms with E-state index in [4.69, 9.17) is 19.4 Å². The maximum Gasteiger partial charge on any atom is 0.225 e. The molecule has 0 bridgehead atoms. The molecule has 8 nitrogen and oxygen atoms in total. The van der Waals surface area contributed by atoms with Crippen LogP contribution in [0.1, 0.15) is 31.2 Å². The van der Waals surface area contributed by atoms with Crippen LogP contribution in [0.25, 0.3) is 17.0 Å². The van der Waals surface area contributed by atoms with Crippen molar-refractivity contribution in [1.29, 1.82) is 0 Å². The molecule has 3 N–H and O–H groups in total. The second kappa shape index (κ2) is 11.9. The van der Waals surface area contributed by atoms with E-state index in [2.05, 4.69) is 22.8 Å². The number of ether oxygens (including phenoxy) is 2. The summed E-state index contributed by atoms with van der Waals surface area (Å²) in [5.74, 6) is 3.15. The highest BCUT2D eigenvalue weighted by atomic mass is 16.5. The van der Waals surface area contributed by atoms with E-state index in [0.717, 1.165) is 48.2 Å². The van der Waals surface area contributed by atoms with Crippen LogP contribution < -0.4 is 25.0 Å². The van der Waals surface area contributed by atoms with Gasteiger partial charge in [0.2, 0.25) is 11.7 Å². The van der Waals surface area contributed by atoms with Crippen molar-refractivity contribution in [3.63, 3.8) is 0 Å². The molecule has 0 saturated heterocycles. The number of fused-ring (bicyclic) bond motifs is 1. The first kappa shape index (κ1) is 25.6. The number of aromatic hydroxyl groups is 1. The smallest absolute Gasteiger partial charge is 0.225 e. The van der Waals surface area contributed by atoms with Crippen LogP contribution in [0.5, 0.6) is 17.2 Å². The number of phenolic OH excluding ortho intramolecular Hbond substituents is 1. The fourth-order valence-corrected chi connectivity index (χ4v) is 4.73. The number of aromatic nitrogens is 2. The second-order valence-corrected chi connectivity index (χ2v) is 9.48. The van der Waals surface area contributed by atoms with Gasteiger partial charge in [-0.1, -0.05) is 24.3 Å². The van der Waals surface area contributed by atoms with E-state index in [9.17, 15) is 5.11 Å². The van der Waals surface area contributed by atoms with Gasteiger partial charge in [-0.25, -0.2) is 4.98 Å². The summed E-state index contributed by atoms with van der Waals surface area (Å²) in [6.07, 6.45) is 8.66. The summed E-state index contributed by atoms with van der Waals surface area (Å²) in [7, 11) is 7.10. The van der Waals surface area contributed by atoms with Crippen molar-refractivity contribution in [3.8, 4) is 17.2 Å². The quantitative estimate of drug-likeness (QED) is 0.352. The van der Waals surface area contributed by atoms with Gasteiger partial charge in [0.25, 0.3) is 0 Å². The molecule has 0 atom stereocenters. The molecule has 0 spiro atoms. The van der Waals surface area contributed by atoms with Crippen LogP contribution in [0.4, 0.5) is 11.8 Å². The van der Waals surface area contributed by atoms with Gasteiger partial charge < -0.3 is 30.1 Å². The summed E-state index contributed by atoms with van der Waals surface area (Å²) < 4.78 is 10.4. The number of phenols is 1. The van der Waals surface area contributed by atoms with Crippen LogP contribution in [0.3, 0.4) is 0 Å². The molecule has 0 amide bonds. The molecule has 3 aromatic rings. The van der Waals surface area contributed by atoms with Crippen molar-refractivity contribution in [2.75, 3.05) is 51.6 Å². The summed E-state index contributed by atoms with van der Waals surface area (Å²) in [5.41, 5.74) is 1.89. The van der Waals surface area contributed by atoms with Crippen molar-refractivity contribution >= 4 is 28.7 Å². The second-order valence-electron chi connectivity index (χ2n) is 9.48. The number of benzene rings is 2. The molecule has 2 aromatic carbocycles. The van der Waals surface area contributed by atoms with Gasteiger partial charge in [0.15, 0.2) is 11.5 Å². The molecule has 0 radical (unpaired) electrons. The van der Waals surface area contributed by atoms with Gasteiger partial charge in [0.05, 0.1) is 19.7 Å². The van der Waals surface area contributed by atoms with E-state index < -0.39 is 0 Å². The van der Waals surface area contributed by atoms with Crippen LogP contribution in [-0.2, 0) is 0 Å². The predicted molar refractivity (Wildman–Crippen MR) is 146 cm³/mol. The van der Waals surface area contributed by atoms with E-state index in [-0.39, 0.29) is 5.75 Å². The number of para-hydroxylation sites is 1. The van der Waals surface area contributed by atoms with E-state index in [1.807, 2.05) is 43.3 Å². The lowest BCUT2D eigenvalue weighted by Crippen LogP contribution is -2.32. The summed E-state index contributed by atoms with van der Waals surface area (Å²) in [6, 6.07) is 12.1. The number of rotatable bonds is 10. The third-order valence-electron chi connectivity index (χ3n) is 6.69. The zero-order valence-electron chi connectivity index (χ0n) is 21.6. The minimum Gasteiger partial charge on any atom is -0.502 e. The standard InChI is InChI=1S/C28H37N5O3/c1-33(2)27-22-9-5-6-10-23(22)31-28(32-27)30-21-13-11-19(12-14-21)18-29-15-7-8-20-16-24(35-3)26(34)25(17-20)36-4/h5-10,16-17,19,21,29,34H,11-15,18H2,1-4H3,(H,30,31,32)/b8-7+. The molecule has 1 aromatic heterocycles. The average molecular weight is 492 g/mol. The Morgan fingerprint density at radius 3 is 2.39 bits per heavy atom. The molecule has 1 heterocycles. The number of nitrogens with zero attached hydrogens (tertiary/aromatic N) is 3. The van der Waals surface area contributed by atoms with Crippen LogP contribution in [0.15, 0.2) is 42.5 Å². The molecule has 4 rings (SSSR count). The molecule has 0 aliphatic heterocycles. The number of methoxy groups -OCH3 is 2. The molecule has 1 aliphatic carbocycles. The summed E-state index contributed by atoms with van der Waals surface area (Å²) in [6.45, 7) is 1.78. The van der Waals surface area contributed by atoms with Crippen LogP contribution >= 0.6 is 0 Å². The maximum absolute atomic E-state index is 10.0. The molecule has 1 fully saturated rings. The highest BCUT2D eigenvalue weighted by molar-refractivity contribution is 5.90. The Hall–Kier alpha value is -3.52. The summed E-state index contributed by atoms with van der Waals surface area (Å²) >= 11 is 0. The third-order valence-corrected chi connectivity index (χ3v) is 6.69. The zero-order valence-corrected chi connectivity index (χ0v) is 21.6. The Balaban J connectivity index is 1.24. The van der Waals surface area contributed by atoms with Gasteiger partial charge in [-0.2, -0.15) is 4.98 Å². The monoisotopic (exact) mass is 491 g/mol. The fourth-order valence-electron chi connectivity index (χ4n) is 4.73.